The van der Waals surface area contributed by atoms with E-state index in [0.717, 1.165) is 6.07 Å². The van der Waals surface area contributed by atoms with E-state index in [1.54, 1.807) is 0 Å². The number of nitrogens with two attached hydrogens (primary N) is 1. The van der Waals surface area contributed by atoms with Crippen molar-refractivity contribution in [2.24, 2.45) is 5.84 Å². The molecule has 0 spiro atoms. The summed E-state index contributed by atoms with van der Waals surface area (Å²) in [5.41, 5.74) is 2.06. The van der Waals surface area contributed by atoms with Gasteiger partial charge in [0.05, 0.1) is 11.3 Å². The molecule has 1 aromatic rings. The maximum absolute atomic E-state index is 12.8. The highest BCUT2D eigenvalue weighted by Gasteiger charge is 2.06. The van der Waals surface area contributed by atoms with Gasteiger partial charge in [0.25, 0.3) is 0 Å². The first-order chi connectivity index (χ1) is 5.65. The van der Waals surface area contributed by atoms with Crippen LogP contribution in [0.5, 0.6) is 0 Å². The summed E-state index contributed by atoms with van der Waals surface area (Å²) >= 11 is 0. The van der Waals surface area contributed by atoms with Crippen LogP contribution in [0.25, 0.3) is 0 Å². The standard InChI is InChI=1S/C7H7FN2O2/c8-5-3-4(7(11)12)1-2-6(5)10-9/h1-3,10H,9H2,(H,11,12). The highest BCUT2D eigenvalue weighted by molar-refractivity contribution is 5.88. The molecule has 0 aliphatic carbocycles. The molecule has 5 heteroatoms. The van der Waals surface area contributed by atoms with Gasteiger partial charge >= 0.3 is 5.97 Å². The second-order valence-corrected chi connectivity index (χ2v) is 2.14. The van der Waals surface area contributed by atoms with Gasteiger partial charge in [-0.2, -0.15) is 0 Å². The summed E-state index contributed by atoms with van der Waals surface area (Å²) in [4.78, 5) is 10.3. The lowest BCUT2D eigenvalue weighted by Gasteiger charge is -2.01. The van der Waals surface area contributed by atoms with Crippen molar-refractivity contribution >= 4 is 11.7 Å². The van der Waals surface area contributed by atoms with Crippen LogP contribution in [0.3, 0.4) is 0 Å². The summed E-state index contributed by atoms with van der Waals surface area (Å²) in [6.45, 7) is 0. The number of carboxylic acids is 1. The molecule has 64 valence electrons. The fourth-order valence-corrected chi connectivity index (χ4v) is 0.765. The maximum Gasteiger partial charge on any atom is 0.335 e. The molecular formula is C7H7FN2O2. The lowest BCUT2D eigenvalue weighted by atomic mass is 10.2. The summed E-state index contributed by atoms with van der Waals surface area (Å²) < 4.78 is 12.8. The Morgan fingerprint density at radius 1 is 1.58 bits per heavy atom. The quantitative estimate of drug-likeness (QED) is 0.453. The van der Waals surface area contributed by atoms with Gasteiger partial charge in [-0.05, 0) is 18.2 Å². The summed E-state index contributed by atoms with van der Waals surface area (Å²) in [6.07, 6.45) is 0. The van der Waals surface area contributed by atoms with E-state index in [0.29, 0.717) is 0 Å². The molecule has 4 N–H and O–H groups in total. The van der Waals surface area contributed by atoms with E-state index in [1.807, 2.05) is 0 Å². The van der Waals surface area contributed by atoms with E-state index in [9.17, 15) is 9.18 Å². The number of carboxylic acid groups (broad SMARTS) is 1. The van der Waals surface area contributed by atoms with Crippen molar-refractivity contribution in [3.8, 4) is 0 Å². The Morgan fingerprint density at radius 3 is 2.67 bits per heavy atom. The first-order valence-corrected chi connectivity index (χ1v) is 3.14. The van der Waals surface area contributed by atoms with Crippen LogP contribution >= 0.6 is 0 Å². The highest BCUT2D eigenvalue weighted by atomic mass is 19.1. The Kier molecular flexibility index (Phi) is 2.25. The number of carbonyl (C=O) groups is 1. The number of nitrogens with one attached hydrogen (secondary N) is 1. The average Bonchev–Trinajstić information content (AvgIpc) is 2.04. The van der Waals surface area contributed by atoms with Crippen LogP contribution in [0.1, 0.15) is 10.4 Å². The van der Waals surface area contributed by atoms with Gasteiger partial charge in [0, 0.05) is 0 Å². The SMILES string of the molecule is NNc1ccc(C(=O)O)cc1F. The molecule has 0 unspecified atom stereocenters. The van der Waals surface area contributed by atoms with Crippen molar-refractivity contribution in [3.63, 3.8) is 0 Å². The van der Waals surface area contributed by atoms with Crippen molar-refractivity contribution in [2.45, 2.75) is 0 Å². The molecule has 1 aromatic carbocycles. The molecule has 0 aliphatic rings. The predicted molar refractivity (Wildman–Crippen MR) is 41.2 cm³/mol. The van der Waals surface area contributed by atoms with Gasteiger partial charge in [-0.3, -0.25) is 5.84 Å². The number of hydrogen-bond donors (Lipinski definition) is 3. The van der Waals surface area contributed by atoms with Crippen LogP contribution in [-0.4, -0.2) is 11.1 Å². The molecule has 0 atom stereocenters. The number of halogens is 1. The topological polar surface area (TPSA) is 75.3 Å². The van der Waals surface area contributed by atoms with E-state index >= 15 is 0 Å². The molecule has 0 radical (unpaired) electrons. The Hall–Kier alpha value is -1.62. The zero-order valence-corrected chi connectivity index (χ0v) is 6.04. The molecule has 0 bridgehead atoms. The second kappa shape index (κ2) is 3.19. The Bertz CT molecular complexity index is 314. The summed E-state index contributed by atoms with van der Waals surface area (Å²) in [5.74, 6) is 3.09. The van der Waals surface area contributed by atoms with Crippen LogP contribution in [0.15, 0.2) is 18.2 Å². The van der Waals surface area contributed by atoms with Crippen LogP contribution < -0.4 is 11.3 Å². The smallest absolute Gasteiger partial charge is 0.335 e. The van der Waals surface area contributed by atoms with Gasteiger partial charge in [0.2, 0.25) is 0 Å². The zero-order chi connectivity index (χ0) is 9.14. The largest absolute Gasteiger partial charge is 0.478 e. The van der Waals surface area contributed by atoms with E-state index in [4.69, 9.17) is 10.9 Å². The van der Waals surface area contributed by atoms with E-state index in [2.05, 4.69) is 5.43 Å². The number of nitrogen functional groups attached to an aromatic ring is 1. The molecule has 12 heavy (non-hydrogen) atoms. The molecule has 0 heterocycles. The van der Waals surface area contributed by atoms with Crippen molar-refractivity contribution in [1.29, 1.82) is 0 Å². The van der Waals surface area contributed by atoms with Gasteiger partial charge in [0.1, 0.15) is 5.82 Å². The fraction of sp³-hybridized carbons (Fsp3) is 0. The first kappa shape index (κ1) is 8.48. The predicted octanol–water partition coefficient (Wildman–Crippen LogP) is 0.810. The van der Waals surface area contributed by atoms with Gasteiger partial charge in [-0.25, -0.2) is 9.18 Å². The van der Waals surface area contributed by atoms with Crippen LogP contribution in [0.4, 0.5) is 10.1 Å². The number of hydrazine groups is 1. The minimum absolute atomic E-state index is 0.0694. The Labute approximate surface area is 67.8 Å². The molecule has 0 aromatic heterocycles. The van der Waals surface area contributed by atoms with Crippen molar-refractivity contribution in [3.05, 3.63) is 29.6 Å². The minimum atomic E-state index is -1.17. The fourth-order valence-electron chi connectivity index (χ4n) is 0.765. The second-order valence-electron chi connectivity index (χ2n) is 2.14. The van der Waals surface area contributed by atoms with Gasteiger partial charge < -0.3 is 10.5 Å². The third-order valence-corrected chi connectivity index (χ3v) is 1.37. The lowest BCUT2D eigenvalue weighted by molar-refractivity contribution is 0.0696. The molecule has 1 rings (SSSR count). The number of anilines is 1. The Balaban J connectivity index is 3.10. The monoisotopic (exact) mass is 170 g/mol. The molecule has 4 nitrogen and oxygen atoms in total. The summed E-state index contributed by atoms with van der Waals surface area (Å²) in [6, 6.07) is 3.43. The van der Waals surface area contributed by atoms with Gasteiger partial charge in [-0.15, -0.1) is 0 Å². The van der Waals surface area contributed by atoms with Gasteiger partial charge in [0.15, 0.2) is 0 Å². The summed E-state index contributed by atoms with van der Waals surface area (Å²) in [5, 5.41) is 8.45. The highest BCUT2D eigenvalue weighted by Crippen LogP contribution is 2.13. The third-order valence-electron chi connectivity index (χ3n) is 1.37. The van der Waals surface area contributed by atoms with E-state index < -0.39 is 11.8 Å². The Morgan fingerprint density at radius 2 is 2.25 bits per heavy atom. The lowest BCUT2D eigenvalue weighted by Crippen LogP contribution is -2.09. The van der Waals surface area contributed by atoms with E-state index in [1.165, 1.54) is 12.1 Å². The number of benzene rings is 1. The first-order valence-electron chi connectivity index (χ1n) is 3.14. The normalized spacial score (nSPS) is 9.50. The van der Waals surface area contributed by atoms with Crippen molar-refractivity contribution in [1.82, 2.24) is 0 Å². The molecule has 0 saturated heterocycles. The molecule has 0 aliphatic heterocycles. The average molecular weight is 170 g/mol. The molecule has 0 fully saturated rings. The van der Waals surface area contributed by atoms with Gasteiger partial charge in [-0.1, -0.05) is 0 Å². The van der Waals surface area contributed by atoms with Crippen molar-refractivity contribution < 1.29 is 14.3 Å². The minimum Gasteiger partial charge on any atom is -0.478 e. The molecule has 0 saturated carbocycles. The zero-order valence-electron chi connectivity index (χ0n) is 6.04. The van der Waals surface area contributed by atoms with Crippen molar-refractivity contribution in [2.75, 3.05) is 5.43 Å². The number of aromatic carboxylic acids is 1. The molecule has 0 amide bonds. The number of hydrogen-bond acceptors (Lipinski definition) is 3. The maximum atomic E-state index is 12.8. The number of rotatable bonds is 2. The molecular weight excluding hydrogens is 163 g/mol. The van der Waals surface area contributed by atoms with Crippen LogP contribution in [0, 0.1) is 5.82 Å². The van der Waals surface area contributed by atoms with Crippen LogP contribution in [0.2, 0.25) is 0 Å². The summed E-state index contributed by atoms with van der Waals surface area (Å²) in [7, 11) is 0. The van der Waals surface area contributed by atoms with Crippen LogP contribution in [-0.2, 0) is 0 Å². The van der Waals surface area contributed by atoms with E-state index in [-0.39, 0.29) is 11.3 Å². The third kappa shape index (κ3) is 1.51.